The predicted molar refractivity (Wildman–Crippen MR) is 94.1 cm³/mol. The third kappa shape index (κ3) is 5.32. The van der Waals surface area contributed by atoms with Gasteiger partial charge in [-0.3, -0.25) is 4.79 Å². The lowest BCUT2D eigenvalue weighted by Crippen LogP contribution is -2.27. The van der Waals surface area contributed by atoms with E-state index in [-0.39, 0.29) is 29.0 Å². The lowest BCUT2D eigenvalue weighted by Gasteiger charge is -2.15. The van der Waals surface area contributed by atoms with Gasteiger partial charge >= 0.3 is 0 Å². The molecule has 0 saturated heterocycles. The van der Waals surface area contributed by atoms with E-state index in [0.29, 0.717) is 0 Å². The molecule has 0 aliphatic rings. The van der Waals surface area contributed by atoms with Crippen LogP contribution in [-0.4, -0.2) is 20.9 Å². The largest absolute Gasteiger partial charge is 0.345 e. The van der Waals surface area contributed by atoms with Crippen molar-refractivity contribution in [2.45, 2.75) is 24.3 Å². The quantitative estimate of drug-likeness (QED) is 0.707. The van der Waals surface area contributed by atoms with E-state index < -0.39 is 33.6 Å². The van der Waals surface area contributed by atoms with Gasteiger partial charge in [-0.05, 0) is 49.4 Å². The number of rotatable bonds is 7. The van der Waals surface area contributed by atoms with Crippen molar-refractivity contribution in [3.8, 4) is 6.07 Å². The zero-order chi connectivity index (χ0) is 20.0. The van der Waals surface area contributed by atoms with E-state index in [1.807, 2.05) is 6.07 Å². The molecule has 0 saturated carbocycles. The molecule has 2 aromatic carbocycles. The molecule has 0 fully saturated rings. The Hall–Kier alpha value is -2.83. The standard InChI is InChI=1S/C18H17F2N3O3S/c1-12(16-11-14(19)5-8-17(16)20)23-18(24)13-3-6-15(7-4-13)27(25,26)22-10-2-9-21/h3-8,11-12,22H,2,10H2,1H3,(H,23,24). The number of carbonyl (C=O) groups excluding carboxylic acids is 1. The highest BCUT2D eigenvalue weighted by atomic mass is 32.2. The molecule has 6 nitrogen and oxygen atoms in total. The van der Waals surface area contributed by atoms with Crippen LogP contribution in [0.2, 0.25) is 0 Å². The summed E-state index contributed by atoms with van der Waals surface area (Å²) in [5.74, 6) is -1.83. The van der Waals surface area contributed by atoms with Crippen molar-refractivity contribution >= 4 is 15.9 Å². The fourth-order valence-corrected chi connectivity index (χ4v) is 3.35. The van der Waals surface area contributed by atoms with E-state index >= 15 is 0 Å². The summed E-state index contributed by atoms with van der Waals surface area (Å²) in [6, 6.07) is 9.11. The molecule has 0 spiro atoms. The first-order valence-electron chi connectivity index (χ1n) is 7.97. The minimum Gasteiger partial charge on any atom is -0.345 e. The van der Waals surface area contributed by atoms with Crippen LogP contribution in [0.1, 0.15) is 35.3 Å². The van der Waals surface area contributed by atoms with E-state index in [2.05, 4.69) is 10.0 Å². The molecule has 2 N–H and O–H groups in total. The molecule has 0 bridgehead atoms. The Bertz CT molecular complexity index is 970. The Balaban J connectivity index is 2.09. The molecule has 142 valence electrons. The van der Waals surface area contributed by atoms with Crippen LogP contribution in [0.15, 0.2) is 47.4 Å². The van der Waals surface area contributed by atoms with Crippen LogP contribution < -0.4 is 10.0 Å². The summed E-state index contributed by atoms with van der Waals surface area (Å²) in [5, 5.41) is 11.0. The molecule has 0 radical (unpaired) electrons. The van der Waals surface area contributed by atoms with Crippen LogP contribution in [-0.2, 0) is 10.0 Å². The summed E-state index contributed by atoms with van der Waals surface area (Å²) in [5.41, 5.74) is 0.166. The zero-order valence-electron chi connectivity index (χ0n) is 14.4. The summed E-state index contributed by atoms with van der Waals surface area (Å²) in [6.45, 7) is 1.49. The van der Waals surface area contributed by atoms with Gasteiger partial charge in [-0.2, -0.15) is 5.26 Å². The van der Waals surface area contributed by atoms with Crippen LogP contribution in [0, 0.1) is 23.0 Å². The zero-order valence-corrected chi connectivity index (χ0v) is 15.2. The van der Waals surface area contributed by atoms with Gasteiger partial charge in [0.15, 0.2) is 0 Å². The van der Waals surface area contributed by atoms with Crippen LogP contribution >= 0.6 is 0 Å². The lowest BCUT2D eigenvalue weighted by atomic mass is 10.1. The molecule has 1 atom stereocenters. The average molecular weight is 393 g/mol. The Morgan fingerprint density at radius 2 is 1.85 bits per heavy atom. The van der Waals surface area contributed by atoms with Crippen LogP contribution in [0.4, 0.5) is 8.78 Å². The molecule has 1 unspecified atom stereocenters. The van der Waals surface area contributed by atoms with Crippen LogP contribution in [0.3, 0.4) is 0 Å². The Kier molecular flexibility index (Phi) is 6.60. The van der Waals surface area contributed by atoms with Crippen molar-refractivity contribution in [1.82, 2.24) is 10.0 Å². The van der Waals surface area contributed by atoms with Gasteiger partial charge in [0.1, 0.15) is 11.6 Å². The molecule has 2 rings (SSSR count). The van der Waals surface area contributed by atoms with Gasteiger partial charge in [0.25, 0.3) is 5.91 Å². The van der Waals surface area contributed by atoms with Crippen molar-refractivity contribution in [3.63, 3.8) is 0 Å². The van der Waals surface area contributed by atoms with Crippen molar-refractivity contribution < 1.29 is 22.0 Å². The first-order valence-corrected chi connectivity index (χ1v) is 9.45. The second kappa shape index (κ2) is 8.70. The van der Waals surface area contributed by atoms with E-state index in [4.69, 9.17) is 5.26 Å². The number of hydrogen-bond acceptors (Lipinski definition) is 4. The maximum atomic E-state index is 13.8. The molecule has 9 heteroatoms. The summed E-state index contributed by atoms with van der Waals surface area (Å²) in [6.07, 6.45) is 0.0360. The number of carbonyl (C=O) groups is 1. The molecule has 1 amide bonds. The monoisotopic (exact) mass is 393 g/mol. The number of sulfonamides is 1. The second-order valence-corrected chi connectivity index (χ2v) is 7.46. The lowest BCUT2D eigenvalue weighted by molar-refractivity contribution is 0.0939. The number of benzene rings is 2. The maximum absolute atomic E-state index is 13.8. The van der Waals surface area contributed by atoms with Crippen molar-refractivity contribution in [1.29, 1.82) is 5.26 Å². The highest BCUT2D eigenvalue weighted by Gasteiger charge is 2.17. The Labute approximate surface area is 155 Å². The Morgan fingerprint density at radius 3 is 2.48 bits per heavy atom. The van der Waals surface area contributed by atoms with Crippen molar-refractivity contribution in [2.75, 3.05) is 6.54 Å². The molecule has 2 aromatic rings. The van der Waals surface area contributed by atoms with E-state index in [9.17, 15) is 22.0 Å². The topological polar surface area (TPSA) is 99.1 Å². The molecule has 0 aromatic heterocycles. The SMILES string of the molecule is CC(NC(=O)c1ccc(S(=O)(=O)NCCC#N)cc1)c1cc(F)ccc1F. The van der Waals surface area contributed by atoms with Gasteiger partial charge < -0.3 is 5.32 Å². The number of nitrogens with zero attached hydrogens (tertiary/aromatic N) is 1. The first-order chi connectivity index (χ1) is 12.7. The highest BCUT2D eigenvalue weighted by Crippen LogP contribution is 2.19. The van der Waals surface area contributed by atoms with Crippen molar-refractivity contribution in [3.05, 3.63) is 65.2 Å². The molecule has 0 aliphatic carbocycles. The van der Waals surface area contributed by atoms with Crippen molar-refractivity contribution in [2.24, 2.45) is 0 Å². The average Bonchev–Trinajstić information content (AvgIpc) is 2.63. The summed E-state index contributed by atoms with van der Waals surface area (Å²) in [4.78, 5) is 12.2. The number of amides is 1. The van der Waals surface area contributed by atoms with E-state index in [1.165, 1.54) is 31.2 Å². The third-order valence-corrected chi connectivity index (χ3v) is 5.20. The molecule has 0 aliphatic heterocycles. The first kappa shape index (κ1) is 20.5. The second-order valence-electron chi connectivity index (χ2n) is 5.69. The number of nitriles is 1. The van der Waals surface area contributed by atoms with Crippen LogP contribution in [0.25, 0.3) is 0 Å². The minimum absolute atomic E-state index is 0.00393. The van der Waals surface area contributed by atoms with E-state index in [1.54, 1.807) is 0 Å². The molecule has 0 heterocycles. The van der Waals surface area contributed by atoms with Gasteiger partial charge in [0.2, 0.25) is 10.0 Å². The molecular weight excluding hydrogens is 376 g/mol. The van der Waals surface area contributed by atoms with Gasteiger partial charge in [0.05, 0.1) is 17.0 Å². The normalized spacial score (nSPS) is 12.2. The van der Waals surface area contributed by atoms with Gasteiger partial charge in [-0.15, -0.1) is 0 Å². The maximum Gasteiger partial charge on any atom is 0.251 e. The number of nitrogens with one attached hydrogen (secondary N) is 2. The minimum atomic E-state index is -3.78. The summed E-state index contributed by atoms with van der Waals surface area (Å²) < 4.78 is 53.4. The number of halogens is 2. The molecule has 27 heavy (non-hydrogen) atoms. The fraction of sp³-hybridized carbons (Fsp3) is 0.222. The Morgan fingerprint density at radius 1 is 1.19 bits per heavy atom. The van der Waals surface area contributed by atoms with Gasteiger partial charge in [-0.25, -0.2) is 21.9 Å². The number of hydrogen-bond donors (Lipinski definition) is 2. The van der Waals surface area contributed by atoms with Gasteiger partial charge in [-0.1, -0.05) is 0 Å². The molecular formula is C18H17F2N3O3S. The smallest absolute Gasteiger partial charge is 0.251 e. The van der Waals surface area contributed by atoms with Gasteiger partial charge in [0, 0.05) is 24.1 Å². The third-order valence-electron chi connectivity index (χ3n) is 3.73. The van der Waals surface area contributed by atoms with Crippen LogP contribution in [0.5, 0.6) is 0 Å². The summed E-state index contributed by atoms with van der Waals surface area (Å²) in [7, 11) is -3.78. The highest BCUT2D eigenvalue weighted by molar-refractivity contribution is 7.89. The fourth-order valence-electron chi connectivity index (χ4n) is 2.31. The summed E-state index contributed by atoms with van der Waals surface area (Å²) >= 11 is 0. The predicted octanol–water partition coefficient (Wildman–Crippen LogP) is 2.65. The van der Waals surface area contributed by atoms with E-state index in [0.717, 1.165) is 18.2 Å².